The van der Waals surface area contributed by atoms with Crippen LogP contribution < -0.4 is 9.54 Å². The number of hydrogen-bond donors (Lipinski definition) is 0. The zero-order chi connectivity index (χ0) is 18.7. The van der Waals surface area contributed by atoms with Crippen LogP contribution in [0.2, 0.25) is 5.02 Å². The lowest BCUT2D eigenvalue weighted by atomic mass is 10.2. The normalized spacial score (nSPS) is 17.5. The number of thiazole rings is 1. The van der Waals surface area contributed by atoms with Gasteiger partial charge >= 0.3 is 0 Å². The highest BCUT2D eigenvalue weighted by molar-refractivity contribution is 7.10. The number of halogens is 1. The summed E-state index contributed by atoms with van der Waals surface area (Å²) in [5.41, 5.74) is 1.28. The quantitative estimate of drug-likeness (QED) is 0.767. The van der Waals surface area contributed by atoms with Gasteiger partial charge in [-0.25, -0.2) is 0 Å². The Morgan fingerprint density at radius 3 is 3.00 bits per heavy atom. The smallest absolute Gasteiger partial charge is 0.283 e. The van der Waals surface area contributed by atoms with Crippen LogP contribution in [0.25, 0.3) is 5.57 Å². The van der Waals surface area contributed by atoms with Crippen molar-refractivity contribution in [2.45, 2.75) is 32.4 Å². The lowest BCUT2D eigenvalue weighted by Gasteiger charge is -2.10. The lowest BCUT2D eigenvalue weighted by molar-refractivity contribution is 0.0949. The number of benzene rings is 1. The molecule has 0 unspecified atom stereocenters. The summed E-state index contributed by atoms with van der Waals surface area (Å²) in [7, 11) is 1.52. The second-order valence-electron chi connectivity index (χ2n) is 6.21. The molecule has 1 aromatic heterocycles. The van der Waals surface area contributed by atoms with Crippen molar-refractivity contribution in [1.82, 2.24) is 4.57 Å². The fourth-order valence-corrected chi connectivity index (χ4v) is 3.89. The minimum Gasteiger partial charge on any atom is -0.496 e. The highest BCUT2D eigenvalue weighted by atomic mass is 35.5. The Kier molecular flexibility index (Phi) is 5.96. The highest BCUT2D eigenvalue weighted by Gasteiger charge is 2.18. The van der Waals surface area contributed by atoms with Gasteiger partial charge in [0.1, 0.15) is 5.75 Å². The van der Waals surface area contributed by atoms with Gasteiger partial charge in [-0.3, -0.25) is 4.79 Å². The Morgan fingerprint density at radius 2 is 2.35 bits per heavy atom. The molecule has 1 amide bonds. The minimum atomic E-state index is -0.388. The monoisotopic (exact) mass is 392 g/mol. The van der Waals surface area contributed by atoms with Gasteiger partial charge in [-0.1, -0.05) is 29.5 Å². The molecule has 0 aliphatic carbocycles. The van der Waals surface area contributed by atoms with E-state index in [1.807, 2.05) is 17.7 Å². The molecule has 1 aromatic carbocycles. The number of ether oxygens (including phenoxy) is 2. The van der Waals surface area contributed by atoms with E-state index in [0.717, 1.165) is 29.9 Å². The number of rotatable bonds is 5. The summed E-state index contributed by atoms with van der Waals surface area (Å²) < 4.78 is 13.0. The molecule has 0 radical (unpaired) electrons. The van der Waals surface area contributed by atoms with Gasteiger partial charge in [-0.15, -0.1) is 0 Å². The van der Waals surface area contributed by atoms with E-state index >= 15 is 0 Å². The van der Waals surface area contributed by atoms with Gasteiger partial charge in [0.05, 0.1) is 25.3 Å². The van der Waals surface area contributed by atoms with Crippen molar-refractivity contribution >= 4 is 34.4 Å². The molecule has 2 aromatic rings. The summed E-state index contributed by atoms with van der Waals surface area (Å²) >= 11 is 7.47. The number of allylic oxidation sites excluding steroid dienone is 1. The second kappa shape index (κ2) is 8.20. The van der Waals surface area contributed by atoms with Gasteiger partial charge < -0.3 is 14.0 Å². The third-order valence-corrected chi connectivity index (χ3v) is 5.57. The van der Waals surface area contributed by atoms with E-state index in [1.54, 1.807) is 18.2 Å². The average molecular weight is 393 g/mol. The lowest BCUT2D eigenvalue weighted by Crippen LogP contribution is -2.23. The van der Waals surface area contributed by atoms with Crippen molar-refractivity contribution in [2.75, 3.05) is 13.7 Å². The number of amides is 1. The van der Waals surface area contributed by atoms with Gasteiger partial charge in [0.15, 0.2) is 4.80 Å². The van der Waals surface area contributed by atoms with Gasteiger partial charge in [-0.05, 0) is 43.5 Å². The fraction of sp³-hybridized carbons (Fsp3) is 0.368. The number of aromatic nitrogens is 1. The summed E-state index contributed by atoms with van der Waals surface area (Å²) in [6, 6.07) is 4.92. The summed E-state index contributed by atoms with van der Waals surface area (Å²) in [5.74, 6) is 0.0612. The maximum absolute atomic E-state index is 12.7. The van der Waals surface area contributed by atoms with E-state index in [0.29, 0.717) is 27.7 Å². The van der Waals surface area contributed by atoms with Gasteiger partial charge in [-0.2, -0.15) is 4.99 Å². The molecule has 7 heteroatoms. The maximum atomic E-state index is 12.7. The number of carbonyl (C=O) groups excluding carboxylic acids is 1. The molecule has 1 aliphatic heterocycles. The van der Waals surface area contributed by atoms with Gasteiger partial charge in [0.2, 0.25) is 0 Å². The zero-order valence-electron chi connectivity index (χ0n) is 14.8. The summed E-state index contributed by atoms with van der Waals surface area (Å²) in [5, 5.41) is 0.463. The third kappa shape index (κ3) is 4.26. The van der Waals surface area contributed by atoms with Gasteiger partial charge in [0.25, 0.3) is 5.91 Å². The Balaban J connectivity index is 1.99. The average Bonchev–Trinajstić information content (AvgIpc) is 3.25. The van der Waals surface area contributed by atoms with Crippen molar-refractivity contribution in [1.29, 1.82) is 0 Å². The second-order valence-corrected chi connectivity index (χ2v) is 7.65. The highest BCUT2D eigenvalue weighted by Crippen LogP contribution is 2.24. The fourth-order valence-electron chi connectivity index (χ4n) is 2.80. The molecule has 1 fully saturated rings. The van der Waals surface area contributed by atoms with E-state index in [2.05, 4.69) is 11.6 Å². The number of nitrogens with zero attached hydrogens (tertiary/aromatic N) is 2. The summed E-state index contributed by atoms with van der Waals surface area (Å²) in [4.78, 5) is 18.7. The molecule has 26 heavy (non-hydrogen) atoms. The van der Waals surface area contributed by atoms with E-state index in [-0.39, 0.29) is 12.0 Å². The van der Waals surface area contributed by atoms with Crippen molar-refractivity contribution in [2.24, 2.45) is 4.99 Å². The molecule has 0 bridgehead atoms. The van der Waals surface area contributed by atoms with E-state index in [4.69, 9.17) is 21.1 Å². The molecule has 2 heterocycles. The van der Waals surface area contributed by atoms with Crippen molar-refractivity contribution < 1.29 is 14.3 Å². The van der Waals surface area contributed by atoms with E-state index in [1.165, 1.54) is 18.4 Å². The Hall–Kier alpha value is -1.89. The van der Waals surface area contributed by atoms with Crippen molar-refractivity contribution in [3.63, 3.8) is 0 Å². The molecular formula is C19H21ClN2O3S. The number of methoxy groups -OCH3 is 1. The molecule has 0 spiro atoms. The zero-order valence-corrected chi connectivity index (χ0v) is 16.4. The SMILES string of the molecule is C=C(C)c1cn(C[C@H]2CCCO2)c(=NC(=O)c2cc(Cl)ccc2OC)s1. The van der Waals surface area contributed by atoms with Crippen LogP contribution in [-0.2, 0) is 11.3 Å². The van der Waals surface area contributed by atoms with Crippen LogP contribution in [0.5, 0.6) is 5.75 Å². The van der Waals surface area contributed by atoms with Crippen LogP contribution in [0.4, 0.5) is 0 Å². The molecule has 138 valence electrons. The van der Waals surface area contributed by atoms with E-state index in [9.17, 15) is 4.79 Å². The van der Waals surface area contributed by atoms with Crippen molar-refractivity contribution in [3.05, 3.63) is 51.2 Å². The van der Waals surface area contributed by atoms with Gasteiger partial charge in [0, 0.05) is 22.7 Å². The Bertz CT molecular complexity index is 894. The molecule has 1 aliphatic rings. The first-order valence-electron chi connectivity index (χ1n) is 8.38. The largest absolute Gasteiger partial charge is 0.496 e. The Morgan fingerprint density at radius 1 is 1.54 bits per heavy atom. The first kappa shape index (κ1) is 18.9. The van der Waals surface area contributed by atoms with Crippen LogP contribution in [-0.4, -0.2) is 30.3 Å². The first-order valence-corrected chi connectivity index (χ1v) is 9.57. The topological polar surface area (TPSA) is 52.8 Å². The molecule has 1 atom stereocenters. The molecule has 1 saturated heterocycles. The van der Waals surface area contributed by atoms with Crippen LogP contribution in [0.15, 0.2) is 36.0 Å². The first-order chi connectivity index (χ1) is 12.5. The molecule has 0 saturated carbocycles. The number of carbonyl (C=O) groups is 1. The molecule has 3 rings (SSSR count). The molecule has 0 N–H and O–H groups in total. The van der Waals surface area contributed by atoms with Crippen LogP contribution in [0.3, 0.4) is 0 Å². The maximum Gasteiger partial charge on any atom is 0.283 e. The predicted molar refractivity (Wildman–Crippen MR) is 104 cm³/mol. The number of hydrogen-bond acceptors (Lipinski definition) is 4. The minimum absolute atomic E-state index is 0.150. The summed E-state index contributed by atoms with van der Waals surface area (Å²) in [6.45, 7) is 7.38. The van der Waals surface area contributed by atoms with Crippen LogP contribution in [0.1, 0.15) is 35.0 Å². The van der Waals surface area contributed by atoms with Crippen LogP contribution in [0, 0.1) is 0 Å². The Labute approximate surface area is 161 Å². The predicted octanol–water partition coefficient (Wildman–Crippen LogP) is 4.16. The third-order valence-electron chi connectivity index (χ3n) is 4.15. The van der Waals surface area contributed by atoms with Crippen molar-refractivity contribution in [3.8, 4) is 5.75 Å². The summed E-state index contributed by atoms with van der Waals surface area (Å²) in [6.07, 6.45) is 4.21. The standard InChI is InChI=1S/C19H21ClN2O3S/c1-12(2)17-11-22(10-14-5-4-8-25-14)19(26-17)21-18(23)15-9-13(20)6-7-16(15)24-3/h6-7,9,11,14H,1,4-5,8,10H2,2-3H3/t14-/m1/s1. The molecular weight excluding hydrogens is 372 g/mol. The molecule has 5 nitrogen and oxygen atoms in total. The van der Waals surface area contributed by atoms with E-state index < -0.39 is 0 Å². The van der Waals surface area contributed by atoms with Crippen LogP contribution >= 0.6 is 22.9 Å².